The van der Waals surface area contributed by atoms with Crippen molar-refractivity contribution in [3.8, 4) is 11.5 Å². The Morgan fingerprint density at radius 1 is 0.974 bits per heavy atom. The van der Waals surface area contributed by atoms with Gasteiger partial charge in [0.15, 0.2) is 11.5 Å². The number of nitrogens with zero attached hydrogens (tertiary/aromatic N) is 1. The van der Waals surface area contributed by atoms with E-state index in [2.05, 4.69) is 44.4 Å². The third-order valence-electron chi connectivity index (χ3n) is 6.82. The van der Waals surface area contributed by atoms with Gasteiger partial charge in [0.05, 0.1) is 17.9 Å². The molecule has 0 aromatic heterocycles. The van der Waals surface area contributed by atoms with Crippen LogP contribution in [0.4, 0.5) is 11.4 Å². The average molecular weight is 526 g/mol. The highest BCUT2D eigenvalue weighted by Crippen LogP contribution is 2.48. The number of fused-ring (bicyclic) bond motifs is 3. The van der Waals surface area contributed by atoms with Crippen molar-refractivity contribution < 1.29 is 19.1 Å². The normalized spacial score (nSPS) is 16.3. The van der Waals surface area contributed by atoms with Gasteiger partial charge in [-0.05, 0) is 83.0 Å². The number of anilines is 2. The smallest absolute Gasteiger partial charge is 0.255 e. The van der Waals surface area contributed by atoms with Gasteiger partial charge < -0.3 is 20.1 Å². The summed E-state index contributed by atoms with van der Waals surface area (Å²) >= 11 is 0. The van der Waals surface area contributed by atoms with Crippen LogP contribution in [0.15, 0.2) is 59.6 Å². The fourth-order valence-corrected chi connectivity index (χ4v) is 5.43. The van der Waals surface area contributed by atoms with E-state index in [1.807, 2.05) is 31.2 Å². The molecule has 3 aromatic carbocycles. The number of carbonyl (C=O) groups is 2. The molecular weight excluding hydrogens is 490 g/mol. The van der Waals surface area contributed by atoms with E-state index in [1.165, 1.54) is 12.5 Å². The molecule has 7 heteroatoms. The second-order valence-electron chi connectivity index (χ2n) is 11.4. The maximum Gasteiger partial charge on any atom is 0.255 e. The lowest BCUT2D eigenvalue weighted by Crippen LogP contribution is -2.30. The minimum atomic E-state index is -0.344. The van der Waals surface area contributed by atoms with E-state index in [9.17, 15) is 9.59 Å². The fraction of sp³-hybridized carbons (Fsp3) is 0.344. The van der Waals surface area contributed by atoms with E-state index in [0.29, 0.717) is 23.5 Å². The molecule has 5 rings (SSSR count). The second-order valence-corrected chi connectivity index (χ2v) is 11.4. The lowest BCUT2D eigenvalue weighted by atomic mass is 9.81. The Labute approximate surface area is 229 Å². The summed E-state index contributed by atoms with van der Waals surface area (Å²) in [4.78, 5) is 29.7. The van der Waals surface area contributed by atoms with Crippen molar-refractivity contribution in [2.45, 2.75) is 65.5 Å². The summed E-state index contributed by atoms with van der Waals surface area (Å²) in [5.41, 5.74) is 6.27. The molecule has 202 valence electrons. The molecule has 0 spiro atoms. The maximum absolute atomic E-state index is 13.1. The molecular formula is C32H35N3O4. The van der Waals surface area contributed by atoms with Crippen LogP contribution in [-0.2, 0) is 17.6 Å². The molecule has 0 fully saturated rings. The first-order valence-corrected chi connectivity index (χ1v) is 13.3. The van der Waals surface area contributed by atoms with Crippen molar-refractivity contribution in [1.29, 1.82) is 0 Å². The molecule has 7 nitrogen and oxygen atoms in total. The van der Waals surface area contributed by atoms with E-state index in [-0.39, 0.29) is 23.0 Å². The van der Waals surface area contributed by atoms with Gasteiger partial charge in [0.1, 0.15) is 5.60 Å². The number of rotatable bonds is 6. The Kier molecular flexibility index (Phi) is 6.70. The number of benzene rings is 3. The minimum Gasteiger partial charge on any atom is -0.490 e. The van der Waals surface area contributed by atoms with Crippen molar-refractivity contribution in [2.75, 3.05) is 17.2 Å². The summed E-state index contributed by atoms with van der Waals surface area (Å²) in [5, 5.41) is 5.72. The highest BCUT2D eigenvalue weighted by molar-refractivity contribution is 6.17. The highest BCUT2D eigenvalue weighted by atomic mass is 16.5. The van der Waals surface area contributed by atoms with Gasteiger partial charge in [0.2, 0.25) is 5.91 Å². The second kappa shape index (κ2) is 9.88. The Balaban J connectivity index is 1.52. The van der Waals surface area contributed by atoms with Gasteiger partial charge in [0.25, 0.3) is 5.91 Å². The summed E-state index contributed by atoms with van der Waals surface area (Å²) < 4.78 is 12.4. The molecule has 2 aliphatic heterocycles. The van der Waals surface area contributed by atoms with E-state index in [0.717, 1.165) is 46.7 Å². The lowest BCUT2D eigenvalue weighted by molar-refractivity contribution is -0.114. The summed E-state index contributed by atoms with van der Waals surface area (Å²) in [6.07, 6.45) is 1.55. The van der Waals surface area contributed by atoms with Gasteiger partial charge in [-0.25, -0.2) is 0 Å². The number of amides is 2. The molecule has 39 heavy (non-hydrogen) atoms. The molecule has 0 aliphatic carbocycles. The highest BCUT2D eigenvalue weighted by Gasteiger charge is 2.39. The Hall–Kier alpha value is -4.13. The van der Waals surface area contributed by atoms with E-state index < -0.39 is 0 Å². The Morgan fingerprint density at radius 2 is 1.69 bits per heavy atom. The first-order chi connectivity index (χ1) is 18.4. The van der Waals surface area contributed by atoms with Crippen LogP contribution < -0.4 is 20.1 Å². The van der Waals surface area contributed by atoms with Crippen molar-refractivity contribution in [3.63, 3.8) is 0 Å². The van der Waals surface area contributed by atoms with Crippen LogP contribution in [-0.4, -0.2) is 35.3 Å². The zero-order valence-corrected chi connectivity index (χ0v) is 23.4. The molecule has 0 saturated carbocycles. The molecule has 0 bridgehead atoms. The molecule has 2 N–H and O–H groups in total. The largest absolute Gasteiger partial charge is 0.490 e. The predicted molar refractivity (Wildman–Crippen MR) is 155 cm³/mol. The molecule has 2 aliphatic rings. The van der Waals surface area contributed by atoms with Gasteiger partial charge in [-0.3, -0.25) is 14.6 Å². The molecule has 3 aromatic rings. The van der Waals surface area contributed by atoms with E-state index in [1.54, 1.807) is 24.3 Å². The van der Waals surface area contributed by atoms with Gasteiger partial charge in [0, 0.05) is 47.0 Å². The van der Waals surface area contributed by atoms with E-state index in [4.69, 9.17) is 14.5 Å². The first kappa shape index (κ1) is 26.5. The SMILES string of the molecule is CCOc1cc2c(c3c1OC(C)(C)C3)C(c1cccc(NC(=O)c3cccc(NC(C)=O)c3)c1)=NC(C)(C)C2. The molecule has 2 heterocycles. The summed E-state index contributed by atoms with van der Waals surface area (Å²) in [7, 11) is 0. The van der Waals surface area contributed by atoms with Crippen molar-refractivity contribution in [2.24, 2.45) is 4.99 Å². The van der Waals surface area contributed by atoms with Gasteiger partial charge in [-0.1, -0.05) is 18.2 Å². The van der Waals surface area contributed by atoms with Crippen LogP contribution in [0.1, 0.15) is 74.2 Å². The number of carbonyl (C=O) groups excluding carboxylic acids is 2. The van der Waals surface area contributed by atoms with Gasteiger partial charge >= 0.3 is 0 Å². The number of hydrogen-bond acceptors (Lipinski definition) is 5. The van der Waals surface area contributed by atoms with Gasteiger partial charge in [-0.15, -0.1) is 0 Å². The van der Waals surface area contributed by atoms with Crippen LogP contribution in [0.25, 0.3) is 0 Å². The van der Waals surface area contributed by atoms with Crippen LogP contribution in [0.2, 0.25) is 0 Å². The average Bonchev–Trinajstić information content (AvgIpc) is 3.18. The van der Waals surface area contributed by atoms with Crippen molar-refractivity contribution in [3.05, 3.63) is 82.4 Å². The standard InChI is InChI=1S/C32H35N3O4/c1-7-38-26-16-22-17-31(3,4)35-28(27(22)25-18-32(5,6)39-29(25)26)20-10-8-13-24(14-20)34-30(37)21-11-9-12-23(15-21)33-19(2)36/h8-16H,7,17-18H2,1-6H3,(H,33,36)(H,34,37). The zero-order valence-electron chi connectivity index (χ0n) is 23.4. The lowest BCUT2D eigenvalue weighted by Gasteiger charge is -2.31. The maximum atomic E-state index is 13.1. The van der Waals surface area contributed by atoms with E-state index >= 15 is 0 Å². The Bertz CT molecular complexity index is 1500. The van der Waals surface area contributed by atoms with Crippen LogP contribution in [0.5, 0.6) is 11.5 Å². The molecule has 0 saturated heterocycles. The predicted octanol–water partition coefficient (Wildman–Crippen LogP) is 6.18. The van der Waals surface area contributed by atoms with Crippen molar-refractivity contribution in [1.82, 2.24) is 0 Å². The Morgan fingerprint density at radius 3 is 2.41 bits per heavy atom. The quantitative estimate of drug-likeness (QED) is 0.402. The molecule has 0 unspecified atom stereocenters. The number of aliphatic imine (C=N–C) groups is 1. The van der Waals surface area contributed by atoms with Crippen molar-refractivity contribution >= 4 is 28.9 Å². The third kappa shape index (κ3) is 5.53. The summed E-state index contributed by atoms with van der Waals surface area (Å²) in [5.74, 6) is 1.14. The zero-order chi connectivity index (χ0) is 27.9. The summed E-state index contributed by atoms with van der Waals surface area (Å²) in [6, 6.07) is 16.8. The number of hydrogen-bond donors (Lipinski definition) is 2. The third-order valence-corrected chi connectivity index (χ3v) is 6.82. The van der Waals surface area contributed by atoms with Crippen LogP contribution in [0, 0.1) is 0 Å². The first-order valence-electron chi connectivity index (χ1n) is 13.3. The topological polar surface area (TPSA) is 89.0 Å². The number of nitrogens with one attached hydrogen (secondary N) is 2. The van der Waals surface area contributed by atoms with Gasteiger partial charge in [-0.2, -0.15) is 0 Å². The summed E-state index contributed by atoms with van der Waals surface area (Å²) in [6.45, 7) is 12.4. The molecule has 0 radical (unpaired) electrons. The monoisotopic (exact) mass is 525 g/mol. The number of ether oxygens (including phenoxy) is 2. The van der Waals surface area contributed by atoms with Crippen LogP contribution >= 0.6 is 0 Å². The van der Waals surface area contributed by atoms with Crippen LogP contribution in [0.3, 0.4) is 0 Å². The minimum absolute atomic E-state index is 0.189. The molecule has 0 atom stereocenters. The fourth-order valence-electron chi connectivity index (χ4n) is 5.43. The molecule has 2 amide bonds.